The summed E-state index contributed by atoms with van der Waals surface area (Å²) in [4.78, 5) is 11.1. The molecule has 0 aliphatic heterocycles. The minimum atomic E-state index is -0.357. The van der Waals surface area contributed by atoms with Crippen LogP contribution in [0.5, 0.6) is 0 Å². The monoisotopic (exact) mass is 180 g/mol. The highest BCUT2D eigenvalue weighted by Crippen LogP contribution is 2.05. The zero-order chi connectivity index (χ0) is 10.3. The van der Waals surface area contributed by atoms with E-state index < -0.39 is 0 Å². The summed E-state index contributed by atoms with van der Waals surface area (Å²) in [7, 11) is 0. The van der Waals surface area contributed by atoms with Crippen LogP contribution in [0.3, 0.4) is 0 Å². The van der Waals surface area contributed by atoms with Crippen molar-refractivity contribution in [3.05, 3.63) is 37.0 Å². The van der Waals surface area contributed by atoms with Gasteiger partial charge in [-0.05, 0) is 19.9 Å². The summed E-state index contributed by atoms with van der Waals surface area (Å²) in [5.74, 6) is -0.357. The minimum absolute atomic E-state index is 0.216. The molecule has 0 rings (SSSR count). The Morgan fingerprint density at radius 2 is 2.23 bits per heavy atom. The van der Waals surface area contributed by atoms with E-state index in [4.69, 9.17) is 4.74 Å². The van der Waals surface area contributed by atoms with E-state index in [9.17, 15) is 4.79 Å². The van der Waals surface area contributed by atoms with E-state index in [2.05, 4.69) is 13.2 Å². The molecule has 0 fully saturated rings. The Bertz CT molecular complexity index is 226. The zero-order valence-electron chi connectivity index (χ0n) is 8.25. The molecule has 0 aromatic heterocycles. The van der Waals surface area contributed by atoms with E-state index in [1.165, 1.54) is 0 Å². The molecule has 13 heavy (non-hydrogen) atoms. The normalized spacial score (nSPS) is 12.5. The SMILES string of the molecule is C=CCC(C=CC)OC(=O)C(=C)C. The Morgan fingerprint density at radius 3 is 2.62 bits per heavy atom. The first kappa shape index (κ1) is 11.7. The second-order valence-electron chi connectivity index (χ2n) is 2.77. The summed E-state index contributed by atoms with van der Waals surface area (Å²) in [6, 6.07) is 0. The van der Waals surface area contributed by atoms with E-state index in [0.29, 0.717) is 12.0 Å². The van der Waals surface area contributed by atoms with Crippen LogP contribution in [0.15, 0.2) is 37.0 Å². The number of carbonyl (C=O) groups excluding carboxylic acids is 1. The van der Waals surface area contributed by atoms with Crippen LogP contribution in [0, 0.1) is 0 Å². The summed E-state index contributed by atoms with van der Waals surface area (Å²) < 4.78 is 5.10. The molecule has 0 spiro atoms. The summed E-state index contributed by atoms with van der Waals surface area (Å²) >= 11 is 0. The van der Waals surface area contributed by atoms with Crippen LogP contribution in [-0.2, 0) is 9.53 Å². The van der Waals surface area contributed by atoms with Gasteiger partial charge in [0.15, 0.2) is 0 Å². The minimum Gasteiger partial charge on any atom is -0.454 e. The van der Waals surface area contributed by atoms with Gasteiger partial charge in [0, 0.05) is 12.0 Å². The molecule has 72 valence electrons. The lowest BCUT2D eigenvalue weighted by Gasteiger charge is -2.11. The van der Waals surface area contributed by atoms with Gasteiger partial charge in [-0.15, -0.1) is 6.58 Å². The third kappa shape index (κ3) is 5.01. The third-order valence-corrected chi connectivity index (χ3v) is 1.41. The molecule has 1 unspecified atom stereocenters. The summed E-state index contributed by atoms with van der Waals surface area (Å²) in [6.45, 7) is 10.6. The van der Waals surface area contributed by atoms with Crippen molar-refractivity contribution < 1.29 is 9.53 Å². The molecule has 0 aromatic rings. The van der Waals surface area contributed by atoms with Crippen molar-refractivity contribution in [2.45, 2.75) is 26.4 Å². The Kier molecular flexibility index (Phi) is 5.60. The van der Waals surface area contributed by atoms with Crippen LogP contribution in [0.25, 0.3) is 0 Å². The zero-order valence-corrected chi connectivity index (χ0v) is 8.25. The quantitative estimate of drug-likeness (QED) is 0.369. The third-order valence-electron chi connectivity index (χ3n) is 1.41. The van der Waals surface area contributed by atoms with Crippen molar-refractivity contribution in [2.24, 2.45) is 0 Å². The largest absolute Gasteiger partial charge is 0.454 e. The lowest BCUT2D eigenvalue weighted by molar-refractivity contribution is -0.141. The topological polar surface area (TPSA) is 26.3 Å². The van der Waals surface area contributed by atoms with E-state index in [1.54, 1.807) is 13.0 Å². The molecule has 0 aromatic carbocycles. The summed E-state index contributed by atoms with van der Waals surface area (Å²) in [6.07, 6.45) is 5.80. The van der Waals surface area contributed by atoms with Crippen molar-refractivity contribution in [1.82, 2.24) is 0 Å². The predicted octanol–water partition coefficient (Wildman–Crippen LogP) is 2.63. The fourth-order valence-corrected chi connectivity index (χ4v) is 0.783. The maximum atomic E-state index is 11.1. The molecule has 0 aliphatic rings. The Morgan fingerprint density at radius 1 is 1.62 bits per heavy atom. The molecule has 0 saturated carbocycles. The maximum Gasteiger partial charge on any atom is 0.333 e. The summed E-state index contributed by atoms with van der Waals surface area (Å²) in [5.41, 5.74) is 0.415. The molecule has 0 N–H and O–H groups in total. The average molecular weight is 180 g/mol. The molecular formula is C11H16O2. The maximum absolute atomic E-state index is 11.1. The van der Waals surface area contributed by atoms with E-state index in [-0.39, 0.29) is 12.1 Å². The van der Waals surface area contributed by atoms with Gasteiger partial charge in [-0.2, -0.15) is 0 Å². The predicted molar refractivity (Wildman–Crippen MR) is 54.3 cm³/mol. The lowest BCUT2D eigenvalue weighted by atomic mass is 10.2. The molecule has 1 atom stereocenters. The van der Waals surface area contributed by atoms with Gasteiger partial charge < -0.3 is 4.74 Å². The second kappa shape index (κ2) is 6.23. The van der Waals surface area contributed by atoms with Gasteiger partial charge in [-0.3, -0.25) is 0 Å². The van der Waals surface area contributed by atoms with Crippen LogP contribution in [0.4, 0.5) is 0 Å². The molecule has 0 aliphatic carbocycles. The highest BCUT2D eigenvalue weighted by atomic mass is 16.5. The van der Waals surface area contributed by atoms with Crippen LogP contribution in [0.2, 0.25) is 0 Å². The number of carbonyl (C=O) groups is 1. The summed E-state index contributed by atoms with van der Waals surface area (Å²) in [5, 5.41) is 0. The molecule has 2 heteroatoms. The Labute approximate surface area is 79.6 Å². The molecule has 0 saturated heterocycles. The first-order valence-electron chi connectivity index (χ1n) is 4.22. The van der Waals surface area contributed by atoms with Gasteiger partial charge in [-0.25, -0.2) is 4.79 Å². The standard InChI is InChI=1S/C11H16O2/c1-5-7-10(8-6-2)13-11(12)9(3)4/h5-6,8,10H,1,3,7H2,2,4H3. The van der Waals surface area contributed by atoms with Gasteiger partial charge in [0.25, 0.3) is 0 Å². The Balaban J connectivity index is 4.16. The van der Waals surface area contributed by atoms with E-state index in [1.807, 2.05) is 19.1 Å². The first-order chi connectivity index (χ1) is 6.11. The van der Waals surface area contributed by atoms with Gasteiger partial charge in [-0.1, -0.05) is 18.7 Å². The van der Waals surface area contributed by atoms with Crippen molar-refractivity contribution in [3.8, 4) is 0 Å². The fraction of sp³-hybridized carbons (Fsp3) is 0.364. The van der Waals surface area contributed by atoms with Gasteiger partial charge in [0.1, 0.15) is 6.10 Å². The molecule has 0 heterocycles. The molecule has 0 amide bonds. The van der Waals surface area contributed by atoms with Gasteiger partial charge >= 0.3 is 5.97 Å². The van der Waals surface area contributed by atoms with Crippen molar-refractivity contribution in [3.63, 3.8) is 0 Å². The lowest BCUT2D eigenvalue weighted by Crippen LogP contribution is -2.15. The number of allylic oxidation sites excluding steroid dienone is 1. The highest BCUT2D eigenvalue weighted by Gasteiger charge is 2.09. The van der Waals surface area contributed by atoms with E-state index >= 15 is 0 Å². The van der Waals surface area contributed by atoms with Crippen LogP contribution < -0.4 is 0 Å². The molecule has 0 radical (unpaired) electrons. The van der Waals surface area contributed by atoms with Crippen LogP contribution in [-0.4, -0.2) is 12.1 Å². The first-order valence-corrected chi connectivity index (χ1v) is 4.22. The van der Waals surface area contributed by atoms with Crippen molar-refractivity contribution in [2.75, 3.05) is 0 Å². The fourth-order valence-electron chi connectivity index (χ4n) is 0.783. The second-order valence-corrected chi connectivity index (χ2v) is 2.77. The van der Waals surface area contributed by atoms with Crippen LogP contribution >= 0.6 is 0 Å². The van der Waals surface area contributed by atoms with Gasteiger partial charge in [0.05, 0.1) is 0 Å². The average Bonchev–Trinajstić information content (AvgIpc) is 2.05. The number of hydrogen-bond donors (Lipinski definition) is 0. The van der Waals surface area contributed by atoms with Crippen LogP contribution in [0.1, 0.15) is 20.3 Å². The Hall–Kier alpha value is -1.31. The van der Waals surface area contributed by atoms with Crippen molar-refractivity contribution in [1.29, 1.82) is 0 Å². The molecular weight excluding hydrogens is 164 g/mol. The number of rotatable bonds is 5. The van der Waals surface area contributed by atoms with E-state index in [0.717, 1.165) is 0 Å². The smallest absolute Gasteiger partial charge is 0.333 e. The van der Waals surface area contributed by atoms with Gasteiger partial charge in [0.2, 0.25) is 0 Å². The number of ether oxygens (including phenoxy) is 1. The highest BCUT2D eigenvalue weighted by molar-refractivity contribution is 5.87. The molecule has 0 bridgehead atoms. The molecule has 2 nitrogen and oxygen atoms in total. The number of hydrogen-bond acceptors (Lipinski definition) is 2. The van der Waals surface area contributed by atoms with Crippen molar-refractivity contribution >= 4 is 5.97 Å². The number of esters is 1.